The van der Waals surface area contributed by atoms with E-state index in [-0.39, 0.29) is 11.7 Å². The molecule has 0 aliphatic carbocycles. The maximum Gasteiger partial charge on any atom is 0.410 e. The number of anilines is 1. The summed E-state index contributed by atoms with van der Waals surface area (Å²) in [6, 6.07) is 15.2. The van der Waals surface area contributed by atoms with E-state index in [1.807, 2.05) is 70.2 Å². The first-order chi connectivity index (χ1) is 15.5. The molecule has 3 aromatic rings. The number of carbonyl (C=O) groups excluding carboxylic acids is 1. The minimum absolute atomic E-state index is 0.0618. The molecule has 0 radical (unpaired) electrons. The number of nitrogens with zero attached hydrogens (tertiary/aromatic N) is 2. The van der Waals surface area contributed by atoms with Crippen LogP contribution in [0.1, 0.15) is 38.3 Å². The number of amides is 1. The average Bonchev–Trinajstić information content (AvgIpc) is 3.14. The minimum Gasteiger partial charge on any atom is -0.444 e. The Morgan fingerprint density at radius 1 is 1.15 bits per heavy atom. The van der Waals surface area contributed by atoms with E-state index in [1.54, 1.807) is 22.6 Å². The highest BCUT2D eigenvalue weighted by Gasteiger charge is 2.44. The Hall–Kier alpha value is -2.99. The number of benzene rings is 2. The van der Waals surface area contributed by atoms with Crippen molar-refractivity contribution in [1.82, 2.24) is 9.47 Å². The van der Waals surface area contributed by atoms with Gasteiger partial charge in [0, 0.05) is 35.9 Å². The summed E-state index contributed by atoms with van der Waals surface area (Å²) in [6.45, 7) is 8.58. The van der Waals surface area contributed by atoms with Crippen LogP contribution >= 0.6 is 11.6 Å². The van der Waals surface area contributed by atoms with Gasteiger partial charge in [0.2, 0.25) is 0 Å². The van der Waals surface area contributed by atoms with Gasteiger partial charge < -0.3 is 19.5 Å². The molecule has 6 nitrogen and oxygen atoms in total. The number of ether oxygens (including phenoxy) is 1. The topological polar surface area (TPSA) is 63.6 Å². The quantitative estimate of drug-likeness (QED) is 0.556. The van der Waals surface area contributed by atoms with Crippen molar-refractivity contribution in [1.29, 1.82) is 0 Å². The van der Waals surface area contributed by atoms with E-state index < -0.39 is 11.1 Å². The smallest absolute Gasteiger partial charge is 0.410 e. The molecule has 0 unspecified atom stereocenters. The highest BCUT2D eigenvalue weighted by molar-refractivity contribution is 6.31. The molecule has 1 saturated heterocycles. The average molecular weight is 468 g/mol. The first kappa shape index (κ1) is 23.2. The highest BCUT2D eigenvalue weighted by Crippen LogP contribution is 2.41. The number of pyridine rings is 1. The van der Waals surface area contributed by atoms with Crippen molar-refractivity contribution < 1.29 is 9.53 Å². The largest absolute Gasteiger partial charge is 0.444 e. The molecule has 4 rings (SSSR count). The van der Waals surface area contributed by atoms with Crippen LogP contribution in [0.3, 0.4) is 0 Å². The van der Waals surface area contributed by atoms with Crippen LogP contribution in [0.15, 0.2) is 53.3 Å². The van der Waals surface area contributed by atoms with Crippen molar-refractivity contribution in [2.75, 3.05) is 18.4 Å². The SMILES string of the molecule is Cc1cccc(Cl)c1[C@]1(Nc2ccc3ccc(=O)n(C)c3c2)CCN(C(=O)OC(C)(C)C)C1. The zero-order valence-corrected chi connectivity index (χ0v) is 20.5. The van der Waals surface area contributed by atoms with E-state index in [0.29, 0.717) is 24.5 Å². The fourth-order valence-electron chi connectivity index (χ4n) is 4.62. The van der Waals surface area contributed by atoms with Crippen LogP contribution in [0.4, 0.5) is 10.5 Å². The number of fused-ring (bicyclic) bond motifs is 1. The maximum atomic E-state index is 12.9. The zero-order valence-electron chi connectivity index (χ0n) is 19.7. The monoisotopic (exact) mass is 467 g/mol. The summed E-state index contributed by atoms with van der Waals surface area (Å²) in [7, 11) is 1.77. The van der Waals surface area contributed by atoms with Gasteiger partial charge in [0.05, 0.1) is 17.6 Å². The number of hydrogen-bond acceptors (Lipinski definition) is 4. The molecule has 0 saturated carbocycles. The van der Waals surface area contributed by atoms with Crippen LogP contribution in [0, 0.1) is 6.92 Å². The molecule has 33 heavy (non-hydrogen) atoms. The second-order valence-corrected chi connectivity index (χ2v) is 10.2. The Kier molecular flexibility index (Phi) is 5.91. The van der Waals surface area contributed by atoms with Gasteiger partial charge in [-0.3, -0.25) is 4.79 Å². The highest BCUT2D eigenvalue weighted by atomic mass is 35.5. The van der Waals surface area contributed by atoms with E-state index in [1.165, 1.54) is 0 Å². The summed E-state index contributed by atoms with van der Waals surface area (Å²) >= 11 is 6.72. The summed E-state index contributed by atoms with van der Waals surface area (Å²) in [5.41, 5.74) is 2.48. The van der Waals surface area contributed by atoms with E-state index >= 15 is 0 Å². The molecule has 1 aromatic heterocycles. The van der Waals surface area contributed by atoms with Crippen LogP contribution in [0.25, 0.3) is 10.9 Å². The number of hydrogen-bond donors (Lipinski definition) is 1. The molecular formula is C26H30ClN3O3. The van der Waals surface area contributed by atoms with Gasteiger partial charge in [-0.1, -0.05) is 29.8 Å². The normalized spacial score (nSPS) is 18.5. The van der Waals surface area contributed by atoms with Gasteiger partial charge in [0.1, 0.15) is 5.60 Å². The number of nitrogens with one attached hydrogen (secondary N) is 1. The van der Waals surface area contributed by atoms with Crippen molar-refractivity contribution >= 4 is 34.3 Å². The summed E-state index contributed by atoms with van der Waals surface area (Å²) in [5, 5.41) is 5.32. The van der Waals surface area contributed by atoms with Crippen LogP contribution in [-0.4, -0.2) is 34.3 Å². The third-order valence-electron chi connectivity index (χ3n) is 6.13. The Morgan fingerprint density at radius 2 is 1.88 bits per heavy atom. The van der Waals surface area contributed by atoms with Gasteiger partial charge in [-0.2, -0.15) is 0 Å². The molecule has 2 heterocycles. The second-order valence-electron chi connectivity index (χ2n) is 9.79. The summed E-state index contributed by atoms with van der Waals surface area (Å²) in [6.07, 6.45) is 0.333. The number of carbonyl (C=O) groups is 1. The third kappa shape index (κ3) is 4.58. The molecule has 1 amide bonds. The van der Waals surface area contributed by atoms with Crippen LogP contribution in [0.5, 0.6) is 0 Å². The lowest BCUT2D eigenvalue weighted by molar-refractivity contribution is 0.0286. The van der Waals surface area contributed by atoms with Crippen molar-refractivity contribution in [2.45, 2.75) is 45.3 Å². The van der Waals surface area contributed by atoms with Gasteiger partial charge >= 0.3 is 6.09 Å². The molecule has 1 N–H and O–H groups in total. The van der Waals surface area contributed by atoms with Crippen molar-refractivity contribution in [3.8, 4) is 0 Å². The molecule has 7 heteroatoms. The molecule has 2 aromatic carbocycles. The van der Waals surface area contributed by atoms with Gasteiger partial charge in [0.15, 0.2) is 0 Å². The standard InChI is InChI=1S/C26H30ClN3O3/c1-17-7-6-8-20(27)23(17)26(13-14-30(16-26)24(32)33-25(2,3)4)28-19-11-9-18-10-12-22(31)29(5)21(18)15-19/h6-12,15,28H,13-14,16H2,1-5H3/t26-/m0/s1. The van der Waals surface area contributed by atoms with Gasteiger partial charge in [-0.15, -0.1) is 0 Å². The maximum absolute atomic E-state index is 12.9. The minimum atomic E-state index is -0.597. The summed E-state index contributed by atoms with van der Waals surface area (Å²) in [4.78, 5) is 26.8. The van der Waals surface area contributed by atoms with Gasteiger partial charge in [-0.05, 0) is 69.3 Å². The second kappa shape index (κ2) is 8.41. The lowest BCUT2D eigenvalue weighted by Crippen LogP contribution is -2.42. The number of aryl methyl sites for hydroxylation is 2. The van der Waals surface area contributed by atoms with Crippen molar-refractivity contribution in [3.05, 3.63) is 75.0 Å². The van der Waals surface area contributed by atoms with E-state index in [2.05, 4.69) is 5.32 Å². The number of rotatable bonds is 3. The fraction of sp³-hybridized carbons (Fsp3) is 0.385. The van der Waals surface area contributed by atoms with Crippen molar-refractivity contribution in [2.24, 2.45) is 7.05 Å². The van der Waals surface area contributed by atoms with E-state index in [0.717, 1.165) is 27.7 Å². The molecule has 1 aliphatic rings. The van der Waals surface area contributed by atoms with Gasteiger partial charge in [-0.25, -0.2) is 4.79 Å². The summed E-state index contributed by atoms with van der Waals surface area (Å²) < 4.78 is 7.27. The first-order valence-corrected chi connectivity index (χ1v) is 11.5. The Bertz CT molecular complexity index is 1260. The number of aromatic nitrogens is 1. The van der Waals surface area contributed by atoms with Crippen LogP contribution < -0.4 is 10.9 Å². The van der Waals surface area contributed by atoms with Crippen LogP contribution in [-0.2, 0) is 17.3 Å². The zero-order chi connectivity index (χ0) is 24.0. The molecule has 1 fully saturated rings. The number of likely N-dealkylation sites (tertiary alicyclic amines) is 1. The summed E-state index contributed by atoms with van der Waals surface area (Å²) in [5.74, 6) is 0. The fourth-order valence-corrected chi connectivity index (χ4v) is 5.02. The Balaban J connectivity index is 1.77. The Labute approximate surface area is 199 Å². The first-order valence-electron chi connectivity index (χ1n) is 11.1. The van der Waals surface area contributed by atoms with Crippen LogP contribution in [0.2, 0.25) is 5.02 Å². The number of halogens is 1. The molecular weight excluding hydrogens is 438 g/mol. The third-order valence-corrected chi connectivity index (χ3v) is 6.45. The predicted molar refractivity (Wildman–Crippen MR) is 133 cm³/mol. The lowest BCUT2D eigenvalue weighted by Gasteiger charge is -2.35. The van der Waals surface area contributed by atoms with Gasteiger partial charge in [0.25, 0.3) is 5.56 Å². The predicted octanol–water partition coefficient (Wildman–Crippen LogP) is 5.45. The van der Waals surface area contributed by atoms with E-state index in [9.17, 15) is 9.59 Å². The van der Waals surface area contributed by atoms with Crippen molar-refractivity contribution in [3.63, 3.8) is 0 Å². The Morgan fingerprint density at radius 3 is 2.58 bits per heavy atom. The van der Waals surface area contributed by atoms with E-state index in [4.69, 9.17) is 16.3 Å². The molecule has 0 spiro atoms. The molecule has 174 valence electrons. The molecule has 0 bridgehead atoms. The molecule has 1 aliphatic heterocycles. The lowest BCUT2D eigenvalue weighted by atomic mass is 9.85. The molecule has 1 atom stereocenters.